The fourth-order valence-electron chi connectivity index (χ4n) is 2.84. The lowest BCUT2D eigenvalue weighted by atomic mass is 9.82. The molecule has 0 N–H and O–H groups in total. The highest BCUT2D eigenvalue weighted by atomic mass is 14.4. The van der Waals surface area contributed by atoms with Gasteiger partial charge in [-0.1, -0.05) is 25.7 Å². The molecule has 0 bridgehead atoms. The van der Waals surface area contributed by atoms with Gasteiger partial charge in [-0.2, -0.15) is 5.26 Å². The Kier molecular flexibility index (Phi) is 1.85. The van der Waals surface area contributed by atoms with Crippen LogP contribution in [0, 0.1) is 29.1 Å². The highest BCUT2D eigenvalue weighted by Gasteiger charge is 2.35. The number of nitrogens with zero attached hydrogens (tertiary/aromatic N) is 1. The third kappa shape index (κ3) is 1.27. The summed E-state index contributed by atoms with van der Waals surface area (Å²) in [5.74, 6) is 2.25. The first-order chi connectivity index (χ1) is 5.40. The van der Waals surface area contributed by atoms with Crippen molar-refractivity contribution in [3.05, 3.63) is 0 Å². The van der Waals surface area contributed by atoms with E-state index in [1.807, 2.05) is 0 Å². The average molecular weight is 149 g/mol. The van der Waals surface area contributed by atoms with Crippen LogP contribution in [0.5, 0.6) is 0 Å². The van der Waals surface area contributed by atoms with Gasteiger partial charge < -0.3 is 0 Å². The molecule has 2 fully saturated rings. The molecule has 2 atom stereocenters. The minimum Gasteiger partial charge on any atom is -0.198 e. The van der Waals surface area contributed by atoms with Crippen molar-refractivity contribution in [3.63, 3.8) is 0 Å². The van der Waals surface area contributed by atoms with Crippen LogP contribution in [0.15, 0.2) is 0 Å². The largest absolute Gasteiger partial charge is 0.198 e. The molecule has 11 heavy (non-hydrogen) atoms. The Morgan fingerprint density at radius 3 is 2.00 bits per heavy atom. The van der Waals surface area contributed by atoms with E-state index in [2.05, 4.69) is 6.07 Å². The highest BCUT2D eigenvalue weighted by molar-refractivity contribution is 4.95. The van der Waals surface area contributed by atoms with Crippen LogP contribution in [0.25, 0.3) is 0 Å². The first kappa shape index (κ1) is 7.16. The van der Waals surface area contributed by atoms with Crippen LogP contribution in [0.1, 0.15) is 38.5 Å². The smallest absolute Gasteiger partial charge is 0.0655 e. The first-order valence-electron chi connectivity index (χ1n) is 4.80. The normalized spacial score (nSPS) is 43.0. The maximum Gasteiger partial charge on any atom is 0.0655 e. The van der Waals surface area contributed by atoms with Gasteiger partial charge in [0.05, 0.1) is 6.07 Å². The molecule has 2 unspecified atom stereocenters. The molecule has 0 aromatic rings. The van der Waals surface area contributed by atoms with Gasteiger partial charge in [-0.15, -0.1) is 0 Å². The second-order valence-corrected chi connectivity index (χ2v) is 4.10. The average Bonchev–Trinajstić information content (AvgIpc) is 2.46. The van der Waals surface area contributed by atoms with Gasteiger partial charge >= 0.3 is 0 Å². The predicted octanol–water partition coefficient (Wildman–Crippen LogP) is 2.73. The molecule has 0 heterocycles. The van der Waals surface area contributed by atoms with Crippen molar-refractivity contribution in [3.8, 4) is 6.07 Å². The van der Waals surface area contributed by atoms with Crippen molar-refractivity contribution in [1.29, 1.82) is 5.26 Å². The molecule has 2 saturated carbocycles. The summed E-state index contributed by atoms with van der Waals surface area (Å²) in [4.78, 5) is 0. The molecule has 0 aromatic heterocycles. The summed E-state index contributed by atoms with van der Waals surface area (Å²) in [6.45, 7) is 0. The van der Waals surface area contributed by atoms with Crippen molar-refractivity contribution in [2.24, 2.45) is 17.8 Å². The van der Waals surface area contributed by atoms with Gasteiger partial charge in [0, 0.05) is 5.92 Å². The molecule has 1 heteroatoms. The zero-order valence-electron chi connectivity index (χ0n) is 6.92. The van der Waals surface area contributed by atoms with Gasteiger partial charge in [0.2, 0.25) is 0 Å². The molecule has 0 aromatic carbocycles. The SMILES string of the molecule is N#CC1CC2CCCCC2C1. The van der Waals surface area contributed by atoms with Gasteiger partial charge in [-0.3, -0.25) is 0 Å². The topological polar surface area (TPSA) is 23.8 Å². The van der Waals surface area contributed by atoms with E-state index in [1.165, 1.54) is 38.5 Å². The Morgan fingerprint density at radius 1 is 1.00 bits per heavy atom. The van der Waals surface area contributed by atoms with Gasteiger partial charge in [0.25, 0.3) is 0 Å². The molecule has 60 valence electrons. The van der Waals surface area contributed by atoms with Crippen molar-refractivity contribution in [1.82, 2.24) is 0 Å². The number of hydrogen-bond donors (Lipinski definition) is 0. The number of rotatable bonds is 0. The molecule has 0 saturated heterocycles. The predicted molar refractivity (Wildman–Crippen MR) is 43.8 cm³/mol. The first-order valence-corrected chi connectivity index (χ1v) is 4.80. The van der Waals surface area contributed by atoms with E-state index in [4.69, 9.17) is 5.26 Å². The van der Waals surface area contributed by atoms with Crippen LogP contribution in [-0.2, 0) is 0 Å². The second kappa shape index (κ2) is 2.85. The van der Waals surface area contributed by atoms with Gasteiger partial charge in [-0.25, -0.2) is 0 Å². The van der Waals surface area contributed by atoms with E-state index in [0.717, 1.165) is 11.8 Å². The molecule has 2 rings (SSSR count). The van der Waals surface area contributed by atoms with E-state index in [9.17, 15) is 0 Å². The van der Waals surface area contributed by atoms with Gasteiger partial charge in [0.15, 0.2) is 0 Å². The number of hydrogen-bond acceptors (Lipinski definition) is 1. The summed E-state index contributed by atoms with van der Waals surface area (Å²) in [6, 6.07) is 2.42. The Labute approximate surface area is 68.4 Å². The van der Waals surface area contributed by atoms with E-state index in [0.29, 0.717) is 5.92 Å². The quantitative estimate of drug-likeness (QED) is 0.519. The zero-order valence-corrected chi connectivity index (χ0v) is 6.92. The monoisotopic (exact) mass is 149 g/mol. The van der Waals surface area contributed by atoms with Crippen LogP contribution in [0.3, 0.4) is 0 Å². The Hall–Kier alpha value is -0.510. The lowest BCUT2D eigenvalue weighted by Crippen LogP contribution is -2.12. The summed E-state index contributed by atoms with van der Waals surface area (Å²) in [6.07, 6.45) is 8.06. The maximum atomic E-state index is 8.76. The Morgan fingerprint density at radius 2 is 1.55 bits per heavy atom. The van der Waals surface area contributed by atoms with E-state index < -0.39 is 0 Å². The molecule has 2 aliphatic rings. The molecular weight excluding hydrogens is 134 g/mol. The lowest BCUT2D eigenvalue weighted by molar-refractivity contribution is 0.277. The van der Waals surface area contributed by atoms with Crippen molar-refractivity contribution < 1.29 is 0 Å². The fraction of sp³-hybridized carbons (Fsp3) is 0.900. The van der Waals surface area contributed by atoms with Gasteiger partial charge in [0.1, 0.15) is 0 Å². The Balaban J connectivity index is 1.99. The number of fused-ring (bicyclic) bond motifs is 1. The molecule has 0 amide bonds. The highest BCUT2D eigenvalue weighted by Crippen LogP contribution is 2.44. The van der Waals surface area contributed by atoms with E-state index in [-0.39, 0.29) is 0 Å². The third-order valence-electron chi connectivity index (χ3n) is 3.42. The standard InChI is InChI=1S/C10H15N/c11-7-8-5-9-3-1-2-4-10(9)6-8/h8-10H,1-6H2. The van der Waals surface area contributed by atoms with Gasteiger partial charge in [-0.05, 0) is 24.7 Å². The molecular formula is C10H15N. The summed E-state index contributed by atoms with van der Waals surface area (Å²) < 4.78 is 0. The molecule has 1 nitrogen and oxygen atoms in total. The van der Waals surface area contributed by atoms with Crippen molar-refractivity contribution >= 4 is 0 Å². The minimum absolute atomic E-state index is 0.406. The maximum absolute atomic E-state index is 8.76. The van der Waals surface area contributed by atoms with Crippen molar-refractivity contribution in [2.45, 2.75) is 38.5 Å². The van der Waals surface area contributed by atoms with Crippen molar-refractivity contribution in [2.75, 3.05) is 0 Å². The molecule has 2 aliphatic carbocycles. The second-order valence-electron chi connectivity index (χ2n) is 4.10. The molecule has 0 radical (unpaired) electrons. The summed E-state index contributed by atoms with van der Waals surface area (Å²) >= 11 is 0. The summed E-state index contributed by atoms with van der Waals surface area (Å²) in [5, 5.41) is 8.76. The zero-order chi connectivity index (χ0) is 7.68. The summed E-state index contributed by atoms with van der Waals surface area (Å²) in [7, 11) is 0. The summed E-state index contributed by atoms with van der Waals surface area (Å²) in [5.41, 5.74) is 0. The van der Waals surface area contributed by atoms with Crippen LogP contribution < -0.4 is 0 Å². The van der Waals surface area contributed by atoms with Crippen LogP contribution >= 0.6 is 0 Å². The van der Waals surface area contributed by atoms with Crippen LogP contribution in [-0.4, -0.2) is 0 Å². The van der Waals surface area contributed by atoms with Crippen LogP contribution in [0.2, 0.25) is 0 Å². The lowest BCUT2D eigenvalue weighted by Gasteiger charge is -2.24. The Bertz CT molecular complexity index is 166. The number of nitriles is 1. The minimum atomic E-state index is 0.406. The van der Waals surface area contributed by atoms with Crippen LogP contribution in [0.4, 0.5) is 0 Å². The van der Waals surface area contributed by atoms with E-state index in [1.54, 1.807) is 0 Å². The molecule has 0 spiro atoms. The third-order valence-corrected chi connectivity index (χ3v) is 3.42. The molecule has 0 aliphatic heterocycles. The van der Waals surface area contributed by atoms with E-state index >= 15 is 0 Å². The fourth-order valence-corrected chi connectivity index (χ4v) is 2.84.